The highest BCUT2D eigenvalue weighted by atomic mass is 32.2. The number of benzene rings is 4. The lowest BCUT2D eigenvalue weighted by molar-refractivity contribution is 0.0683. The van der Waals surface area contributed by atoms with Crippen molar-refractivity contribution in [3.63, 3.8) is 0 Å². The summed E-state index contributed by atoms with van der Waals surface area (Å²) in [5.41, 5.74) is 6.49. The van der Waals surface area contributed by atoms with Crippen LogP contribution in [0.5, 0.6) is 11.5 Å². The number of hydrogen-bond acceptors (Lipinski definition) is 8. The highest BCUT2D eigenvalue weighted by molar-refractivity contribution is 7.90. The molecule has 1 saturated heterocycles. The number of para-hydroxylation sites is 1. The van der Waals surface area contributed by atoms with Crippen LogP contribution in [0, 0.1) is 0 Å². The van der Waals surface area contributed by atoms with Gasteiger partial charge in [-0.3, -0.25) is 4.68 Å². The number of ether oxygens (including phenoxy) is 3. The lowest BCUT2D eigenvalue weighted by Crippen LogP contribution is -2.49. The minimum absolute atomic E-state index is 0.184. The van der Waals surface area contributed by atoms with Crippen molar-refractivity contribution < 1.29 is 32.5 Å². The Kier molecular flexibility index (Phi) is 10.6. The summed E-state index contributed by atoms with van der Waals surface area (Å²) in [7, 11) is -1.25. The second kappa shape index (κ2) is 16.1. The van der Waals surface area contributed by atoms with Gasteiger partial charge in [-0.15, -0.1) is 0 Å². The maximum atomic E-state index is 13.2. The van der Waals surface area contributed by atoms with Gasteiger partial charge in [0.2, 0.25) is 10.0 Å². The molecule has 0 radical (unpaired) electrons. The van der Waals surface area contributed by atoms with Crippen LogP contribution in [0.15, 0.2) is 84.9 Å². The molecule has 9 rings (SSSR count). The van der Waals surface area contributed by atoms with Gasteiger partial charge in [0.05, 0.1) is 29.7 Å². The zero-order valence-corrected chi connectivity index (χ0v) is 33.6. The van der Waals surface area contributed by atoms with E-state index in [1.54, 1.807) is 4.31 Å². The van der Waals surface area contributed by atoms with Crippen LogP contribution in [0.25, 0.3) is 32.8 Å². The Morgan fingerprint density at radius 3 is 2.43 bits per heavy atom. The summed E-state index contributed by atoms with van der Waals surface area (Å²) in [6.45, 7) is 4.39. The van der Waals surface area contributed by atoms with Crippen molar-refractivity contribution in [1.82, 2.24) is 18.7 Å². The summed E-state index contributed by atoms with van der Waals surface area (Å²) in [5, 5.41) is 18.6. The van der Waals surface area contributed by atoms with Crippen molar-refractivity contribution in [2.24, 2.45) is 7.05 Å². The molecule has 2 fully saturated rings. The number of hydrogen-bond donors (Lipinski definition) is 1. The second-order valence-corrected chi connectivity index (χ2v) is 17.7. The van der Waals surface area contributed by atoms with Crippen LogP contribution in [0.1, 0.15) is 59.5 Å². The van der Waals surface area contributed by atoms with E-state index in [9.17, 15) is 18.3 Å². The molecule has 1 N–H and O–H groups in total. The number of carboxylic acid groups (broad SMARTS) is 1. The standard InChI is InChI=1S/C45H49N5O7S/c1-47-40-30-55-27-5-4-22-50-43-36(37(44(50)45(51)52)14-8-28-56-41-15-6-10-31-9-2-3-11-35(31)41)12-7-13-38(43)42(40)39(46-47)29-57-33-18-16-32(17-19-33)48-23-25-49(26-24-48)58(53,54)34-20-21-34/h2-3,6-7,9-13,15-19,34H,4-5,8,14,20-30H2,1H3,(H,51,52). The molecule has 2 aromatic heterocycles. The quantitative estimate of drug-likeness (QED) is 0.126. The molecule has 13 heteroatoms. The Morgan fingerprint density at radius 1 is 0.879 bits per heavy atom. The van der Waals surface area contributed by atoms with Gasteiger partial charge >= 0.3 is 5.97 Å². The average molecular weight is 804 g/mol. The molecular formula is C45H49N5O7S. The fourth-order valence-electron chi connectivity index (χ4n) is 8.68. The second-order valence-electron chi connectivity index (χ2n) is 15.5. The van der Waals surface area contributed by atoms with Gasteiger partial charge in [-0.2, -0.15) is 9.40 Å². The average Bonchev–Trinajstić information content (AvgIpc) is 4.00. The van der Waals surface area contributed by atoms with E-state index >= 15 is 0 Å². The molecule has 6 aromatic rings. The fourth-order valence-corrected chi connectivity index (χ4v) is 10.5. The molecule has 12 nitrogen and oxygen atoms in total. The SMILES string of the molecule is Cn1nc(COc2ccc(N3CCN(S(=O)(=O)C4CC4)CC3)cc2)c2c1COCCCCn1c(C(=O)O)c(CCCOc3cccc4ccccc34)c3cccc-2c31. The molecule has 2 aliphatic heterocycles. The fraction of sp³-hybridized carbons (Fsp3) is 0.378. The highest BCUT2D eigenvalue weighted by Crippen LogP contribution is 2.40. The van der Waals surface area contributed by atoms with Gasteiger partial charge < -0.3 is 28.8 Å². The van der Waals surface area contributed by atoms with Gasteiger partial charge in [0.25, 0.3) is 0 Å². The number of sulfonamides is 1. The van der Waals surface area contributed by atoms with Crippen molar-refractivity contribution in [2.45, 2.75) is 63.5 Å². The first kappa shape index (κ1) is 38.2. The number of anilines is 1. The Morgan fingerprint density at radius 2 is 1.64 bits per heavy atom. The number of aromatic nitrogens is 3. The van der Waals surface area contributed by atoms with Crippen LogP contribution in [-0.2, 0) is 48.0 Å². The van der Waals surface area contributed by atoms with Crippen molar-refractivity contribution in [2.75, 3.05) is 44.3 Å². The first-order valence-electron chi connectivity index (χ1n) is 20.4. The maximum absolute atomic E-state index is 13.2. The number of aromatic carboxylic acids is 1. The molecule has 1 aliphatic carbocycles. The van der Waals surface area contributed by atoms with Crippen LogP contribution in [0.2, 0.25) is 0 Å². The normalized spacial score (nSPS) is 16.6. The number of fused-ring (bicyclic) bond motifs is 3. The summed E-state index contributed by atoms with van der Waals surface area (Å²) in [6, 6.07) is 28.2. The number of piperazine rings is 1. The van der Waals surface area contributed by atoms with Gasteiger partial charge in [0.1, 0.15) is 29.5 Å². The van der Waals surface area contributed by atoms with Gasteiger partial charge in [0.15, 0.2) is 0 Å². The monoisotopic (exact) mass is 803 g/mol. The molecular weight excluding hydrogens is 755 g/mol. The predicted molar refractivity (Wildman–Crippen MR) is 224 cm³/mol. The van der Waals surface area contributed by atoms with Crippen molar-refractivity contribution in [3.05, 3.63) is 108 Å². The minimum atomic E-state index is -3.16. The molecule has 3 aliphatic rings. The van der Waals surface area contributed by atoms with Gasteiger partial charge in [-0.05, 0) is 79.8 Å². The van der Waals surface area contributed by atoms with Crippen molar-refractivity contribution in [3.8, 4) is 22.6 Å². The van der Waals surface area contributed by atoms with Crippen LogP contribution in [-0.4, -0.2) is 82.8 Å². The Hall–Kier alpha value is -5.37. The van der Waals surface area contributed by atoms with Crippen LogP contribution < -0.4 is 14.4 Å². The summed E-state index contributed by atoms with van der Waals surface area (Å²) in [4.78, 5) is 15.4. The summed E-state index contributed by atoms with van der Waals surface area (Å²) in [5.74, 6) is 0.570. The smallest absolute Gasteiger partial charge is 0.352 e. The van der Waals surface area contributed by atoms with Crippen molar-refractivity contribution in [1.29, 1.82) is 0 Å². The zero-order valence-electron chi connectivity index (χ0n) is 32.8. The van der Waals surface area contributed by atoms with E-state index in [0.29, 0.717) is 76.8 Å². The van der Waals surface area contributed by atoms with E-state index in [0.717, 1.165) is 86.9 Å². The van der Waals surface area contributed by atoms with E-state index in [4.69, 9.17) is 19.3 Å². The summed E-state index contributed by atoms with van der Waals surface area (Å²) in [6.07, 6.45) is 4.32. The number of carbonyl (C=O) groups is 1. The molecule has 0 bridgehead atoms. The largest absolute Gasteiger partial charge is 0.493 e. The molecule has 4 heterocycles. The molecule has 0 atom stereocenters. The van der Waals surface area contributed by atoms with E-state index < -0.39 is 16.0 Å². The molecule has 302 valence electrons. The van der Waals surface area contributed by atoms with Crippen LogP contribution in [0.4, 0.5) is 5.69 Å². The topological polar surface area (TPSA) is 128 Å². The molecule has 4 aromatic carbocycles. The Labute approximate surface area is 338 Å². The molecule has 58 heavy (non-hydrogen) atoms. The molecule has 1 saturated carbocycles. The predicted octanol–water partition coefficient (Wildman–Crippen LogP) is 7.41. The Balaban J connectivity index is 0.977. The molecule has 0 amide bonds. The molecule has 0 unspecified atom stereocenters. The number of rotatable bonds is 12. The number of aryl methyl sites for hydroxylation is 3. The molecule has 0 spiro atoms. The lowest BCUT2D eigenvalue weighted by Gasteiger charge is -2.35. The van der Waals surface area contributed by atoms with E-state index in [2.05, 4.69) is 29.2 Å². The van der Waals surface area contributed by atoms with E-state index in [1.165, 1.54) is 0 Å². The lowest BCUT2D eigenvalue weighted by atomic mass is 9.98. The number of carboxylic acids is 1. The summed E-state index contributed by atoms with van der Waals surface area (Å²) < 4.78 is 49.8. The van der Waals surface area contributed by atoms with E-state index in [1.807, 2.05) is 77.0 Å². The van der Waals surface area contributed by atoms with Crippen molar-refractivity contribution >= 4 is 43.4 Å². The first-order chi connectivity index (χ1) is 28.3. The third kappa shape index (κ3) is 7.42. The van der Waals surface area contributed by atoms with Gasteiger partial charge in [0, 0.05) is 74.0 Å². The van der Waals surface area contributed by atoms with Gasteiger partial charge in [-0.25, -0.2) is 13.2 Å². The van der Waals surface area contributed by atoms with Crippen LogP contribution >= 0.6 is 0 Å². The third-order valence-corrected chi connectivity index (χ3v) is 14.2. The Bertz CT molecular complexity index is 2560. The van der Waals surface area contributed by atoms with Gasteiger partial charge in [-0.1, -0.05) is 54.6 Å². The maximum Gasteiger partial charge on any atom is 0.352 e. The summed E-state index contributed by atoms with van der Waals surface area (Å²) >= 11 is 0. The highest BCUT2D eigenvalue weighted by Gasteiger charge is 2.41. The minimum Gasteiger partial charge on any atom is -0.493 e. The van der Waals surface area contributed by atoms with E-state index in [-0.39, 0.29) is 11.9 Å². The number of nitrogens with zero attached hydrogens (tertiary/aromatic N) is 5. The third-order valence-electron chi connectivity index (χ3n) is 11.8. The first-order valence-corrected chi connectivity index (χ1v) is 21.9. The van der Waals surface area contributed by atoms with Crippen LogP contribution in [0.3, 0.4) is 0 Å². The zero-order chi connectivity index (χ0) is 39.8.